The molecule has 2 aromatic carbocycles. The summed E-state index contributed by atoms with van der Waals surface area (Å²) in [5, 5.41) is 0. The lowest BCUT2D eigenvalue weighted by Gasteiger charge is -2.41. The van der Waals surface area contributed by atoms with Gasteiger partial charge in [0.25, 0.3) is 0 Å². The maximum absolute atomic E-state index is 13.7. The van der Waals surface area contributed by atoms with Crippen molar-refractivity contribution < 1.29 is 27.5 Å². The molecule has 2 fully saturated rings. The first-order valence-electron chi connectivity index (χ1n) is 14.4. The van der Waals surface area contributed by atoms with Gasteiger partial charge in [0, 0.05) is 69.7 Å². The average molecular weight is 575 g/mol. The topological polar surface area (TPSA) is 56.3 Å². The summed E-state index contributed by atoms with van der Waals surface area (Å²) in [4.78, 5) is 33.0. The van der Waals surface area contributed by atoms with Crippen molar-refractivity contribution in [2.45, 2.75) is 71.3 Å². The lowest BCUT2D eigenvalue weighted by Crippen LogP contribution is -2.50. The maximum Gasteiger partial charge on any atom is 0.416 e. The van der Waals surface area contributed by atoms with E-state index in [0.717, 1.165) is 17.3 Å². The van der Waals surface area contributed by atoms with Gasteiger partial charge in [-0.3, -0.25) is 9.69 Å². The van der Waals surface area contributed by atoms with Crippen molar-refractivity contribution in [1.82, 2.24) is 9.80 Å². The number of nitrogens with zero attached hydrogens (tertiary/aromatic N) is 4. The second-order valence-electron chi connectivity index (χ2n) is 11.8. The van der Waals surface area contributed by atoms with Crippen molar-refractivity contribution in [2.24, 2.45) is 0 Å². The first kappa shape index (κ1) is 30.7. The highest BCUT2D eigenvalue weighted by molar-refractivity contribution is 5.93. The van der Waals surface area contributed by atoms with Gasteiger partial charge in [-0.2, -0.15) is 13.2 Å². The van der Waals surface area contributed by atoms with Crippen LogP contribution in [0.3, 0.4) is 0 Å². The Balaban J connectivity index is 1.47. The Bertz CT molecular complexity index is 1180. The molecule has 4 rings (SSSR count). The molecule has 0 aliphatic carbocycles. The number of piperazine rings is 1. The van der Waals surface area contributed by atoms with Crippen LogP contribution in [-0.2, 0) is 22.3 Å². The highest BCUT2D eigenvalue weighted by Crippen LogP contribution is 2.36. The lowest BCUT2D eigenvalue weighted by molar-refractivity contribution is -0.137. The normalized spacial score (nSPS) is 17.4. The first-order chi connectivity index (χ1) is 19.4. The molecule has 2 heterocycles. The Kier molecular flexibility index (Phi) is 9.51. The van der Waals surface area contributed by atoms with Gasteiger partial charge in [0.1, 0.15) is 5.60 Å². The lowest BCUT2D eigenvalue weighted by atomic mass is 9.99. The van der Waals surface area contributed by atoms with Crippen molar-refractivity contribution in [1.29, 1.82) is 0 Å². The molecule has 0 bridgehead atoms. The van der Waals surface area contributed by atoms with Crippen LogP contribution in [0, 0.1) is 0 Å². The standard InChI is InChI=1S/C31H41F3N4O3/c1-5-28(39)38(25-9-7-6-8-10-25)26-13-15-36(16-14-26)27-21-24(31(32,33)34)12-11-23(27)22-35-17-19-37(20-18-35)29(40)41-30(2,3)4/h6-12,21,26H,5,13-20,22H2,1-4H3. The van der Waals surface area contributed by atoms with Gasteiger partial charge in [0.05, 0.1) is 5.56 Å². The zero-order valence-corrected chi connectivity index (χ0v) is 24.4. The number of anilines is 2. The van der Waals surface area contributed by atoms with Crippen molar-refractivity contribution >= 4 is 23.4 Å². The molecule has 0 aromatic heterocycles. The first-order valence-corrected chi connectivity index (χ1v) is 14.4. The van der Waals surface area contributed by atoms with Crippen LogP contribution in [-0.4, -0.2) is 72.7 Å². The van der Waals surface area contributed by atoms with E-state index in [4.69, 9.17) is 4.74 Å². The minimum Gasteiger partial charge on any atom is -0.444 e. The third kappa shape index (κ3) is 7.93. The van der Waals surface area contributed by atoms with E-state index in [1.165, 1.54) is 6.07 Å². The molecule has 0 spiro atoms. The Morgan fingerprint density at radius 1 is 0.927 bits per heavy atom. The largest absolute Gasteiger partial charge is 0.444 e. The van der Waals surface area contributed by atoms with E-state index in [1.54, 1.807) is 11.0 Å². The number of alkyl halides is 3. The summed E-state index contributed by atoms with van der Waals surface area (Å²) in [6.07, 6.45) is -3.09. The predicted molar refractivity (Wildman–Crippen MR) is 154 cm³/mol. The Labute approximate surface area is 240 Å². The van der Waals surface area contributed by atoms with Crippen LogP contribution >= 0.6 is 0 Å². The summed E-state index contributed by atoms with van der Waals surface area (Å²) in [7, 11) is 0. The summed E-state index contributed by atoms with van der Waals surface area (Å²) < 4.78 is 46.6. The van der Waals surface area contributed by atoms with Crippen molar-refractivity contribution in [2.75, 3.05) is 49.1 Å². The van der Waals surface area contributed by atoms with Crippen LogP contribution in [0.4, 0.5) is 29.3 Å². The van der Waals surface area contributed by atoms with E-state index >= 15 is 0 Å². The van der Waals surface area contributed by atoms with Gasteiger partial charge in [-0.1, -0.05) is 31.2 Å². The number of halogens is 3. The second-order valence-corrected chi connectivity index (χ2v) is 11.8. The number of ether oxygens (including phenoxy) is 1. The number of amides is 2. The fourth-order valence-electron chi connectivity index (χ4n) is 5.51. The smallest absolute Gasteiger partial charge is 0.416 e. The Hall–Kier alpha value is -3.27. The molecular formula is C31H41F3N4O3. The summed E-state index contributed by atoms with van der Waals surface area (Å²) >= 11 is 0. The predicted octanol–water partition coefficient (Wildman–Crippen LogP) is 6.17. The minimum absolute atomic E-state index is 0.0173. The Morgan fingerprint density at radius 3 is 2.12 bits per heavy atom. The van der Waals surface area contributed by atoms with Crippen LogP contribution in [0.25, 0.3) is 0 Å². The van der Waals surface area contributed by atoms with Crippen molar-refractivity contribution in [3.05, 3.63) is 59.7 Å². The zero-order valence-electron chi connectivity index (χ0n) is 24.4. The molecule has 0 unspecified atom stereocenters. The molecule has 2 amide bonds. The maximum atomic E-state index is 13.7. The molecule has 0 radical (unpaired) electrons. The van der Waals surface area contributed by atoms with Crippen LogP contribution < -0.4 is 9.80 Å². The van der Waals surface area contributed by atoms with Gasteiger partial charge in [0.2, 0.25) is 5.91 Å². The minimum atomic E-state index is -4.44. The summed E-state index contributed by atoms with van der Waals surface area (Å²) in [6, 6.07) is 13.6. The van der Waals surface area contributed by atoms with Crippen molar-refractivity contribution in [3.63, 3.8) is 0 Å². The van der Waals surface area contributed by atoms with Crippen LogP contribution in [0.1, 0.15) is 58.1 Å². The molecule has 2 saturated heterocycles. The van der Waals surface area contributed by atoms with E-state index in [1.807, 2.05) is 67.8 Å². The molecule has 224 valence electrons. The quantitative estimate of drug-likeness (QED) is 0.413. The molecule has 0 atom stereocenters. The molecule has 41 heavy (non-hydrogen) atoms. The van der Waals surface area contributed by atoms with Crippen LogP contribution in [0.5, 0.6) is 0 Å². The summed E-state index contributed by atoms with van der Waals surface area (Å²) in [6.45, 7) is 11.1. The SMILES string of the molecule is CCC(=O)N(c1ccccc1)C1CCN(c2cc(C(F)(F)F)ccc2CN2CCN(C(=O)OC(C)(C)C)CC2)CC1. The number of benzene rings is 2. The number of carbonyl (C=O) groups excluding carboxylic acids is 2. The van der Waals surface area contributed by atoms with Crippen molar-refractivity contribution in [3.8, 4) is 0 Å². The van der Waals surface area contributed by atoms with Gasteiger partial charge in [-0.25, -0.2) is 4.79 Å². The summed E-state index contributed by atoms with van der Waals surface area (Å²) in [5.74, 6) is 0.0416. The number of para-hydroxylation sites is 1. The monoisotopic (exact) mass is 574 g/mol. The fraction of sp³-hybridized carbons (Fsp3) is 0.548. The number of rotatable bonds is 6. The molecule has 2 aliphatic heterocycles. The molecule has 7 nitrogen and oxygen atoms in total. The van der Waals surface area contributed by atoms with Crippen LogP contribution in [0.15, 0.2) is 48.5 Å². The van der Waals surface area contributed by atoms with Crippen LogP contribution in [0.2, 0.25) is 0 Å². The summed E-state index contributed by atoms with van der Waals surface area (Å²) in [5.41, 5.74) is 1.02. The molecule has 10 heteroatoms. The molecule has 0 N–H and O–H groups in total. The third-order valence-electron chi connectivity index (χ3n) is 7.61. The fourth-order valence-corrected chi connectivity index (χ4v) is 5.51. The number of piperidine rings is 1. The zero-order chi connectivity index (χ0) is 29.8. The number of carbonyl (C=O) groups is 2. The van der Waals surface area contributed by atoms with E-state index in [0.29, 0.717) is 70.8 Å². The molecule has 2 aromatic rings. The van der Waals surface area contributed by atoms with Gasteiger partial charge >= 0.3 is 12.3 Å². The molecular weight excluding hydrogens is 533 g/mol. The van der Waals surface area contributed by atoms with E-state index in [9.17, 15) is 22.8 Å². The van der Waals surface area contributed by atoms with E-state index < -0.39 is 17.3 Å². The van der Waals surface area contributed by atoms with Gasteiger partial charge < -0.3 is 19.4 Å². The number of hydrogen-bond acceptors (Lipinski definition) is 5. The second kappa shape index (κ2) is 12.7. The average Bonchev–Trinajstić information content (AvgIpc) is 2.93. The van der Waals surface area contributed by atoms with E-state index in [2.05, 4.69) is 4.90 Å². The van der Waals surface area contributed by atoms with Gasteiger partial charge in [0.15, 0.2) is 0 Å². The highest BCUT2D eigenvalue weighted by atomic mass is 19.4. The highest BCUT2D eigenvalue weighted by Gasteiger charge is 2.34. The molecule has 2 aliphatic rings. The van der Waals surface area contributed by atoms with E-state index in [-0.39, 0.29) is 18.0 Å². The number of hydrogen-bond donors (Lipinski definition) is 0. The third-order valence-corrected chi connectivity index (χ3v) is 7.61. The Morgan fingerprint density at radius 2 is 1.56 bits per heavy atom. The van der Waals surface area contributed by atoms with Gasteiger partial charge in [-0.05, 0) is 63.4 Å². The molecule has 0 saturated carbocycles. The van der Waals surface area contributed by atoms with Gasteiger partial charge in [-0.15, -0.1) is 0 Å².